The summed E-state index contributed by atoms with van der Waals surface area (Å²) in [5, 5.41) is 10.7. The van der Waals surface area contributed by atoms with Crippen LogP contribution >= 0.6 is 27.3 Å². The summed E-state index contributed by atoms with van der Waals surface area (Å²) in [6.07, 6.45) is 0. The summed E-state index contributed by atoms with van der Waals surface area (Å²) in [6.45, 7) is 1.41. The van der Waals surface area contributed by atoms with Gasteiger partial charge in [0.05, 0.1) is 9.70 Å². The molecule has 0 aliphatic carbocycles. The van der Waals surface area contributed by atoms with Gasteiger partial charge in [0, 0.05) is 4.88 Å². The van der Waals surface area contributed by atoms with Crippen LogP contribution in [0.2, 0.25) is 0 Å². The van der Waals surface area contributed by atoms with Crippen LogP contribution in [0.1, 0.15) is 17.7 Å². The summed E-state index contributed by atoms with van der Waals surface area (Å²) in [5.41, 5.74) is 0. The first kappa shape index (κ1) is 12.2. The second-order valence-electron chi connectivity index (χ2n) is 2.98. The minimum absolute atomic E-state index is 0.272. The van der Waals surface area contributed by atoms with E-state index in [0.717, 1.165) is 8.66 Å². The zero-order valence-corrected chi connectivity index (χ0v) is 10.4. The summed E-state index contributed by atoms with van der Waals surface area (Å²) in [5.74, 6) is -1.63. The molecule has 0 spiro atoms. The minimum Gasteiger partial charge on any atom is -0.480 e. The van der Waals surface area contributed by atoms with Gasteiger partial charge in [-0.15, -0.1) is 11.3 Å². The van der Waals surface area contributed by atoms with Crippen LogP contribution < -0.4 is 5.32 Å². The first-order valence-corrected chi connectivity index (χ1v) is 5.86. The molecule has 0 saturated heterocycles. The number of amides is 1. The topological polar surface area (TPSA) is 66.4 Å². The predicted octanol–water partition coefficient (Wildman–Crippen LogP) is 1.81. The molecule has 2 N–H and O–H groups in total. The number of halogens is 1. The molecule has 15 heavy (non-hydrogen) atoms. The number of rotatable bonds is 4. The monoisotopic (exact) mass is 291 g/mol. The third-order valence-corrected chi connectivity index (χ3v) is 3.63. The van der Waals surface area contributed by atoms with E-state index in [0.29, 0.717) is 0 Å². The second-order valence-corrected chi connectivity index (χ2v) is 5.47. The van der Waals surface area contributed by atoms with E-state index in [1.54, 1.807) is 6.92 Å². The first-order chi connectivity index (χ1) is 7.00. The molecule has 6 heteroatoms. The van der Waals surface area contributed by atoms with Gasteiger partial charge >= 0.3 is 5.97 Å². The molecule has 0 aliphatic heterocycles. The van der Waals surface area contributed by atoms with E-state index in [4.69, 9.17) is 5.11 Å². The second kappa shape index (κ2) is 5.27. The third-order valence-electron chi connectivity index (χ3n) is 1.83. The van der Waals surface area contributed by atoms with Gasteiger partial charge in [-0.3, -0.25) is 9.59 Å². The average molecular weight is 292 g/mol. The van der Waals surface area contributed by atoms with Crippen molar-refractivity contribution in [2.75, 3.05) is 6.54 Å². The Kier molecular flexibility index (Phi) is 4.28. The number of carboxylic acids is 1. The molecule has 0 bridgehead atoms. The van der Waals surface area contributed by atoms with Crippen molar-refractivity contribution in [3.63, 3.8) is 0 Å². The Bertz CT molecular complexity index is 377. The zero-order chi connectivity index (χ0) is 11.4. The Balaban J connectivity index is 2.56. The van der Waals surface area contributed by atoms with Gasteiger partial charge in [0.25, 0.3) is 0 Å². The maximum atomic E-state index is 11.5. The summed E-state index contributed by atoms with van der Waals surface area (Å²) < 4.78 is 0.954. The van der Waals surface area contributed by atoms with Crippen LogP contribution in [-0.4, -0.2) is 23.5 Å². The van der Waals surface area contributed by atoms with Crippen LogP contribution in [0.15, 0.2) is 15.9 Å². The van der Waals surface area contributed by atoms with Crippen molar-refractivity contribution < 1.29 is 14.7 Å². The number of carboxylic acid groups (broad SMARTS) is 1. The van der Waals surface area contributed by atoms with Crippen molar-refractivity contribution in [3.8, 4) is 0 Å². The van der Waals surface area contributed by atoms with E-state index >= 15 is 0 Å². The quantitative estimate of drug-likeness (QED) is 0.889. The molecule has 0 radical (unpaired) electrons. The highest BCUT2D eigenvalue weighted by molar-refractivity contribution is 9.11. The van der Waals surface area contributed by atoms with Crippen molar-refractivity contribution in [2.45, 2.75) is 12.8 Å². The van der Waals surface area contributed by atoms with Crippen LogP contribution in [0.5, 0.6) is 0 Å². The van der Waals surface area contributed by atoms with Crippen molar-refractivity contribution >= 4 is 39.1 Å². The van der Waals surface area contributed by atoms with E-state index in [1.807, 2.05) is 12.1 Å². The Morgan fingerprint density at radius 3 is 2.73 bits per heavy atom. The number of nitrogens with one attached hydrogen (secondary N) is 1. The maximum Gasteiger partial charge on any atom is 0.322 e. The van der Waals surface area contributed by atoms with Crippen LogP contribution in [-0.2, 0) is 9.59 Å². The number of carbonyl (C=O) groups excluding carboxylic acids is 1. The molecule has 0 saturated carbocycles. The zero-order valence-electron chi connectivity index (χ0n) is 7.99. The van der Waals surface area contributed by atoms with Crippen LogP contribution in [0, 0.1) is 0 Å². The van der Waals surface area contributed by atoms with Crippen molar-refractivity contribution in [1.82, 2.24) is 5.32 Å². The van der Waals surface area contributed by atoms with Gasteiger partial charge in [-0.25, -0.2) is 0 Å². The normalized spacial score (nSPS) is 12.1. The van der Waals surface area contributed by atoms with Gasteiger partial charge < -0.3 is 10.4 Å². The average Bonchev–Trinajstić information content (AvgIpc) is 2.60. The van der Waals surface area contributed by atoms with Crippen LogP contribution in [0.4, 0.5) is 0 Å². The minimum atomic E-state index is -1.04. The highest BCUT2D eigenvalue weighted by atomic mass is 79.9. The number of carbonyl (C=O) groups is 2. The van der Waals surface area contributed by atoms with E-state index in [1.165, 1.54) is 11.3 Å². The molecule has 1 rings (SSSR count). The van der Waals surface area contributed by atoms with Crippen molar-refractivity contribution in [3.05, 3.63) is 20.8 Å². The fraction of sp³-hybridized carbons (Fsp3) is 0.333. The summed E-state index contributed by atoms with van der Waals surface area (Å²) in [7, 11) is 0. The lowest BCUT2D eigenvalue weighted by atomic mass is 10.1. The summed E-state index contributed by atoms with van der Waals surface area (Å²) in [6, 6.07) is 3.71. The number of hydrogen-bond donors (Lipinski definition) is 2. The molecule has 0 aromatic carbocycles. The molecule has 0 aliphatic rings. The van der Waals surface area contributed by atoms with Crippen LogP contribution in [0.3, 0.4) is 0 Å². The Labute approximate surface area is 99.4 Å². The van der Waals surface area contributed by atoms with Gasteiger partial charge in [-0.05, 0) is 35.0 Å². The molecule has 1 aromatic heterocycles. The van der Waals surface area contributed by atoms with E-state index in [-0.39, 0.29) is 18.4 Å². The predicted molar refractivity (Wildman–Crippen MR) is 61.1 cm³/mol. The summed E-state index contributed by atoms with van der Waals surface area (Å²) in [4.78, 5) is 22.6. The SMILES string of the molecule is CC(C(=O)NCC(=O)O)c1ccc(Br)s1. The van der Waals surface area contributed by atoms with E-state index in [9.17, 15) is 9.59 Å². The lowest BCUT2D eigenvalue weighted by Crippen LogP contribution is -2.32. The molecule has 1 atom stereocenters. The standard InChI is InChI=1S/C9H10BrNO3S/c1-5(6-2-3-7(10)15-6)9(14)11-4-8(12)13/h2-3,5H,4H2,1H3,(H,11,14)(H,12,13). The third kappa shape index (κ3) is 3.64. The molecule has 1 unspecified atom stereocenters. The fourth-order valence-corrected chi connectivity index (χ4v) is 2.48. The van der Waals surface area contributed by atoms with E-state index in [2.05, 4.69) is 21.2 Å². The molecule has 82 valence electrons. The Morgan fingerprint density at radius 2 is 2.27 bits per heavy atom. The molecular formula is C9H10BrNO3S. The Hall–Kier alpha value is -0.880. The van der Waals surface area contributed by atoms with Gasteiger partial charge in [-0.2, -0.15) is 0 Å². The molecule has 1 amide bonds. The smallest absolute Gasteiger partial charge is 0.322 e. The molecule has 4 nitrogen and oxygen atoms in total. The van der Waals surface area contributed by atoms with E-state index < -0.39 is 5.97 Å². The van der Waals surface area contributed by atoms with Crippen LogP contribution in [0.25, 0.3) is 0 Å². The number of aliphatic carboxylic acids is 1. The lowest BCUT2D eigenvalue weighted by molar-refractivity contribution is -0.138. The molecule has 1 heterocycles. The summed E-state index contributed by atoms with van der Waals surface area (Å²) >= 11 is 4.77. The molecule has 0 fully saturated rings. The fourth-order valence-electron chi connectivity index (χ4n) is 1.01. The van der Waals surface area contributed by atoms with Crippen molar-refractivity contribution in [2.24, 2.45) is 0 Å². The number of thiophene rings is 1. The molecule has 1 aromatic rings. The molecular weight excluding hydrogens is 282 g/mol. The van der Waals surface area contributed by atoms with Gasteiger partial charge in [-0.1, -0.05) is 0 Å². The van der Waals surface area contributed by atoms with Gasteiger partial charge in [0.2, 0.25) is 5.91 Å². The van der Waals surface area contributed by atoms with Gasteiger partial charge in [0.1, 0.15) is 6.54 Å². The Morgan fingerprint density at radius 1 is 1.60 bits per heavy atom. The van der Waals surface area contributed by atoms with Gasteiger partial charge in [0.15, 0.2) is 0 Å². The largest absolute Gasteiger partial charge is 0.480 e. The highest BCUT2D eigenvalue weighted by Gasteiger charge is 2.17. The van der Waals surface area contributed by atoms with Crippen molar-refractivity contribution in [1.29, 1.82) is 0 Å². The maximum absolute atomic E-state index is 11.5. The lowest BCUT2D eigenvalue weighted by Gasteiger charge is -2.08. The number of hydrogen-bond acceptors (Lipinski definition) is 3. The first-order valence-electron chi connectivity index (χ1n) is 4.25. The highest BCUT2D eigenvalue weighted by Crippen LogP contribution is 2.28.